The Kier molecular flexibility index (Phi) is 2.36. The van der Waals surface area contributed by atoms with Gasteiger partial charge in [0.2, 0.25) is 0 Å². The molecule has 1 aliphatic rings. The molecule has 1 rings (SSSR count). The number of hydrogen-bond acceptors (Lipinski definition) is 0. The molecule has 0 amide bonds. The topological polar surface area (TPSA) is 0 Å². The number of likely N-dealkylation sites (tertiary alicyclic amines) is 1. The lowest BCUT2D eigenvalue weighted by atomic mass is 10.4. The fourth-order valence-electron chi connectivity index (χ4n) is 1.53. The largest absolute Gasteiger partial charge is 0.325 e. The molecule has 9 heavy (non-hydrogen) atoms. The zero-order valence-corrected chi connectivity index (χ0v) is 6.82. The molecule has 0 unspecified atom stereocenters. The average molecular weight is 149 g/mol. The normalized spacial score (nSPS) is 24.7. The average Bonchev–Trinajstić information content (AvgIpc) is 2.16. The van der Waals surface area contributed by atoms with Crippen molar-refractivity contribution in [1.82, 2.24) is 0 Å². The van der Waals surface area contributed by atoms with Crippen molar-refractivity contribution in [1.29, 1.82) is 0 Å². The van der Waals surface area contributed by atoms with Gasteiger partial charge < -0.3 is 4.48 Å². The van der Waals surface area contributed by atoms with E-state index in [0.717, 1.165) is 12.4 Å². The molecule has 0 aromatic carbocycles. The molecule has 1 aliphatic heterocycles. The summed E-state index contributed by atoms with van der Waals surface area (Å²) in [7, 11) is 2.30. The summed E-state index contributed by atoms with van der Waals surface area (Å²) in [6.45, 7) is 3.83. The highest BCUT2D eigenvalue weighted by atomic mass is 35.5. The molecule has 0 spiro atoms. The molecule has 54 valence electrons. The van der Waals surface area contributed by atoms with Crippen molar-refractivity contribution < 1.29 is 4.48 Å². The third kappa shape index (κ3) is 1.84. The molecule has 0 saturated carbocycles. The van der Waals surface area contributed by atoms with Crippen LogP contribution in [0.4, 0.5) is 0 Å². The van der Waals surface area contributed by atoms with Crippen molar-refractivity contribution in [2.24, 2.45) is 0 Å². The maximum absolute atomic E-state index is 5.66. The van der Waals surface area contributed by atoms with Crippen LogP contribution in [-0.2, 0) is 0 Å². The molecule has 0 atom stereocenters. The zero-order chi connectivity index (χ0) is 6.74. The minimum absolute atomic E-state index is 0.816. The van der Waals surface area contributed by atoms with E-state index in [-0.39, 0.29) is 0 Å². The molecule has 1 saturated heterocycles. The standard InChI is InChI=1S/C7H15ClN/c1-9(7-4-8)5-2-3-6-9/h2-7H2,1H3/q+1. The van der Waals surface area contributed by atoms with Crippen molar-refractivity contribution in [2.75, 3.05) is 32.6 Å². The van der Waals surface area contributed by atoms with E-state index < -0.39 is 0 Å². The monoisotopic (exact) mass is 148 g/mol. The van der Waals surface area contributed by atoms with E-state index in [2.05, 4.69) is 7.05 Å². The van der Waals surface area contributed by atoms with E-state index in [4.69, 9.17) is 11.6 Å². The van der Waals surface area contributed by atoms with Crippen LogP contribution in [0.3, 0.4) is 0 Å². The first-order valence-corrected chi connectivity index (χ1v) is 4.20. The lowest BCUT2D eigenvalue weighted by molar-refractivity contribution is -0.895. The van der Waals surface area contributed by atoms with E-state index in [9.17, 15) is 0 Å². The summed E-state index contributed by atoms with van der Waals surface area (Å²) >= 11 is 5.66. The molecular formula is C7H15ClN+. The Morgan fingerprint density at radius 2 is 1.89 bits per heavy atom. The molecule has 1 nitrogen and oxygen atoms in total. The van der Waals surface area contributed by atoms with E-state index >= 15 is 0 Å². The Hall–Kier alpha value is 0.250. The lowest BCUT2D eigenvalue weighted by Gasteiger charge is -2.27. The highest BCUT2D eigenvalue weighted by molar-refractivity contribution is 6.17. The third-order valence-corrected chi connectivity index (χ3v) is 2.44. The van der Waals surface area contributed by atoms with Gasteiger partial charge in [-0.2, -0.15) is 0 Å². The number of hydrogen-bond donors (Lipinski definition) is 0. The third-order valence-electron chi connectivity index (χ3n) is 2.27. The molecule has 1 fully saturated rings. The SMILES string of the molecule is C[N+]1(CCCl)CCCC1. The van der Waals surface area contributed by atoms with Crippen LogP contribution in [0.1, 0.15) is 12.8 Å². The van der Waals surface area contributed by atoms with Crippen LogP contribution in [0, 0.1) is 0 Å². The highest BCUT2D eigenvalue weighted by Gasteiger charge is 2.25. The first-order chi connectivity index (χ1) is 4.27. The summed E-state index contributed by atoms with van der Waals surface area (Å²) in [5.74, 6) is 0.816. The van der Waals surface area contributed by atoms with Gasteiger partial charge >= 0.3 is 0 Å². The number of rotatable bonds is 2. The van der Waals surface area contributed by atoms with Crippen LogP contribution < -0.4 is 0 Å². The maximum atomic E-state index is 5.66. The van der Waals surface area contributed by atoms with Crippen molar-refractivity contribution >= 4 is 11.6 Å². The fourth-order valence-corrected chi connectivity index (χ4v) is 1.93. The van der Waals surface area contributed by atoms with Gasteiger partial charge in [0, 0.05) is 12.8 Å². The first kappa shape index (κ1) is 7.36. The Labute approximate surface area is 62.2 Å². The van der Waals surface area contributed by atoms with Crippen molar-refractivity contribution in [3.8, 4) is 0 Å². The lowest BCUT2D eigenvalue weighted by Crippen LogP contribution is -2.42. The van der Waals surface area contributed by atoms with Crippen molar-refractivity contribution in [2.45, 2.75) is 12.8 Å². The van der Waals surface area contributed by atoms with Crippen LogP contribution in [0.5, 0.6) is 0 Å². The summed E-state index contributed by atoms with van der Waals surface area (Å²) < 4.78 is 1.21. The van der Waals surface area contributed by atoms with Crippen LogP contribution >= 0.6 is 11.6 Å². The molecule has 0 aromatic rings. The fraction of sp³-hybridized carbons (Fsp3) is 1.00. The summed E-state index contributed by atoms with van der Waals surface area (Å²) in [4.78, 5) is 0. The highest BCUT2D eigenvalue weighted by Crippen LogP contribution is 2.15. The maximum Gasteiger partial charge on any atom is 0.0922 e. The Bertz CT molecular complexity index is 86.9. The van der Waals surface area contributed by atoms with E-state index in [0.29, 0.717) is 0 Å². The van der Waals surface area contributed by atoms with Gasteiger partial charge in [0.15, 0.2) is 0 Å². The van der Waals surface area contributed by atoms with Gasteiger partial charge in [-0.15, -0.1) is 11.6 Å². The van der Waals surface area contributed by atoms with Gasteiger partial charge in [-0.25, -0.2) is 0 Å². The minimum Gasteiger partial charge on any atom is -0.325 e. The van der Waals surface area contributed by atoms with Crippen LogP contribution in [-0.4, -0.2) is 37.0 Å². The molecule has 0 radical (unpaired) electrons. The second kappa shape index (κ2) is 2.89. The van der Waals surface area contributed by atoms with Gasteiger partial charge in [-0.3, -0.25) is 0 Å². The predicted molar refractivity (Wildman–Crippen MR) is 40.7 cm³/mol. The van der Waals surface area contributed by atoms with Crippen molar-refractivity contribution in [3.63, 3.8) is 0 Å². The molecule has 0 N–H and O–H groups in total. The molecule has 2 heteroatoms. The summed E-state index contributed by atoms with van der Waals surface area (Å²) in [6, 6.07) is 0. The molecule has 0 aliphatic carbocycles. The molecular weight excluding hydrogens is 134 g/mol. The van der Waals surface area contributed by atoms with E-state index in [1.165, 1.54) is 30.4 Å². The Morgan fingerprint density at radius 3 is 2.33 bits per heavy atom. The van der Waals surface area contributed by atoms with Gasteiger partial charge in [-0.1, -0.05) is 0 Å². The first-order valence-electron chi connectivity index (χ1n) is 3.66. The van der Waals surface area contributed by atoms with Gasteiger partial charge in [0.05, 0.1) is 32.6 Å². The Morgan fingerprint density at radius 1 is 1.33 bits per heavy atom. The van der Waals surface area contributed by atoms with Crippen LogP contribution in [0.25, 0.3) is 0 Å². The molecule has 1 heterocycles. The van der Waals surface area contributed by atoms with Gasteiger partial charge in [-0.05, 0) is 0 Å². The second-order valence-corrected chi connectivity index (χ2v) is 3.56. The van der Waals surface area contributed by atoms with E-state index in [1.54, 1.807) is 0 Å². The number of halogens is 1. The number of alkyl halides is 1. The summed E-state index contributed by atoms with van der Waals surface area (Å²) in [5, 5.41) is 0. The minimum atomic E-state index is 0.816. The summed E-state index contributed by atoms with van der Waals surface area (Å²) in [5.41, 5.74) is 0. The molecule has 0 bridgehead atoms. The van der Waals surface area contributed by atoms with Crippen molar-refractivity contribution in [3.05, 3.63) is 0 Å². The van der Waals surface area contributed by atoms with Gasteiger partial charge in [0.1, 0.15) is 0 Å². The number of nitrogens with zero attached hydrogens (tertiary/aromatic N) is 1. The zero-order valence-electron chi connectivity index (χ0n) is 6.07. The predicted octanol–water partition coefficient (Wildman–Crippen LogP) is 1.47. The molecule has 0 aromatic heterocycles. The number of quaternary nitrogens is 1. The van der Waals surface area contributed by atoms with Gasteiger partial charge in [0.25, 0.3) is 0 Å². The summed E-state index contributed by atoms with van der Waals surface area (Å²) in [6.07, 6.45) is 2.79. The van der Waals surface area contributed by atoms with Crippen LogP contribution in [0.15, 0.2) is 0 Å². The smallest absolute Gasteiger partial charge is 0.0922 e. The quantitative estimate of drug-likeness (QED) is 0.411. The second-order valence-electron chi connectivity index (χ2n) is 3.19. The van der Waals surface area contributed by atoms with E-state index in [1.807, 2.05) is 0 Å². The Balaban J connectivity index is 2.32. The van der Waals surface area contributed by atoms with Crippen LogP contribution in [0.2, 0.25) is 0 Å².